The Labute approximate surface area is 183 Å². The van der Waals surface area contributed by atoms with Crippen LogP contribution in [0, 0.1) is 12.7 Å². The molecule has 156 valence electrons. The van der Waals surface area contributed by atoms with Crippen molar-refractivity contribution in [2.24, 2.45) is 0 Å². The molecular weight excluding hydrogens is 425 g/mol. The zero-order chi connectivity index (χ0) is 21.3. The molecule has 1 saturated heterocycles. The molecule has 5 nitrogen and oxygen atoms in total. The van der Waals surface area contributed by atoms with Gasteiger partial charge in [0.15, 0.2) is 0 Å². The third kappa shape index (κ3) is 4.13. The normalized spacial score (nSPS) is 14.6. The van der Waals surface area contributed by atoms with Crippen LogP contribution < -0.4 is 5.32 Å². The molecule has 8 heteroatoms. The summed E-state index contributed by atoms with van der Waals surface area (Å²) in [5.41, 5.74) is 1.35. The van der Waals surface area contributed by atoms with Gasteiger partial charge in [0.2, 0.25) is 0 Å². The molecule has 2 aromatic carbocycles. The molecular formula is C22H21ClFN3O2S. The van der Waals surface area contributed by atoms with Crippen LogP contribution >= 0.6 is 22.9 Å². The van der Waals surface area contributed by atoms with Crippen LogP contribution in [0.4, 0.5) is 14.9 Å². The molecule has 1 aliphatic rings. The van der Waals surface area contributed by atoms with Gasteiger partial charge < -0.3 is 15.1 Å². The van der Waals surface area contributed by atoms with Crippen molar-refractivity contribution in [1.82, 2.24) is 9.80 Å². The zero-order valence-electron chi connectivity index (χ0n) is 16.5. The van der Waals surface area contributed by atoms with Crippen LogP contribution in [0.15, 0.2) is 42.5 Å². The van der Waals surface area contributed by atoms with Crippen molar-refractivity contribution in [1.29, 1.82) is 0 Å². The SMILES string of the molecule is Cc1c(C(=O)N2CCCN(C(=O)Nc3ccc(Cl)cc3)CC2)sc2cccc(F)c12. The number of nitrogens with one attached hydrogen (secondary N) is 1. The summed E-state index contributed by atoms with van der Waals surface area (Å²) in [4.78, 5) is 29.8. The quantitative estimate of drug-likeness (QED) is 0.575. The molecule has 0 saturated carbocycles. The van der Waals surface area contributed by atoms with Gasteiger partial charge in [0, 0.05) is 47.0 Å². The summed E-state index contributed by atoms with van der Waals surface area (Å²) in [5, 5.41) is 3.98. The monoisotopic (exact) mass is 445 g/mol. The highest BCUT2D eigenvalue weighted by Gasteiger charge is 2.26. The number of anilines is 1. The number of fused-ring (bicyclic) bond motifs is 1. The fourth-order valence-corrected chi connectivity index (χ4v) is 4.98. The lowest BCUT2D eigenvalue weighted by molar-refractivity contribution is 0.0767. The van der Waals surface area contributed by atoms with E-state index in [9.17, 15) is 14.0 Å². The van der Waals surface area contributed by atoms with Crippen molar-refractivity contribution in [2.75, 3.05) is 31.5 Å². The Hall–Kier alpha value is -2.64. The second-order valence-electron chi connectivity index (χ2n) is 7.24. The molecule has 30 heavy (non-hydrogen) atoms. The lowest BCUT2D eigenvalue weighted by Crippen LogP contribution is -2.39. The Morgan fingerprint density at radius 3 is 2.47 bits per heavy atom. The molecule has 0 atom stereocenters. The third-order valence-electron chi connectivity index (χ3n) is 5.26. The summed E-state index contributed by atoms with van der Waals surface area (Å²) >= 11 is 7.20. The molecule has 2 heterocycles. The standard InChI is InChI=1S/C22H21ClFN3O2S/c1-14-19-17(24)4-2-5-18(19)30-20(14)21(28)26-10-3-11-27(13-12-26)22(29)25-16-8-6-15(23)7-9-16/h2,4-9H,3,10-13H2,1H3,(H,25,29). The molecule has 0 radical (unpaired) electrons. The minimum absolute atomic E-state index is 0.104. The Bertz CT molecular complexity index is 1100. The zero-order valence-corrected chi connectivity index (χ0v) is 18.0. The van der Waals surface area contributed by atoms with E-state index in [-0.39, 0.29) is 17.8 Å². The number of carbonyl (C=O) groups is 2. The second kappa shape index (κ2) is 8.62. The summed E-state index contributed by atoms with van der Waals surface area (Å²) < 4.78 is 15.0. The van der Waals surface area contributed by atoms with Gasteiger partial charge in [-0.15, -0.1) is 11.3 Å². The summed E-state index contributed by atoms with van der Waals surface area (Å²) in [5.74, 6) is -0.408. The van der Waals surface area contributed by atoms with Crippen LogP contribution in [0.1, 0.15) is 21.7 Å². The Morgan fingerprint density at radius 2 is 1.73 bits per heavy atom. The number of hydrogen-bond donors (Lipinski definition) is 1. The summed E-state index contributed by atoms with van der Waals surface area (Å²) in [6.45, 7) is 3.77. The van der Waals surface area contributed by atoms with Gasteiger partial charge in [0.1, 0.15) is 5.82 Å². The lowest BCUT2D eigenvalue weighted by atomic mass is 10.1. The Balaban J connectivity index is 1.44. The van der Waals surface area contributed by atoms with Gasteiger partial charge in [-0.25, -0.2) is 9.18 Å². The van der Waals surface area contributed by atoms with Crippen LogP contribution in [-0.4, -0.2) is 47.9 Å². The number of urea groups is 1. The van der Waals surface area contributed by atoms with E-state index in [1.807, 2.05) is 6.07 Å². The van der Waals surface area contributed by atoms with Crippen molar-refractivity contribution in [3.05, 3.63) is 63.7 Å². The lowest BCUT2D eigenvalue weighted by Gasteiger charge is -2.22. The maximum Gasteiger partial charge on any atom is 0.321 e. The van der Waals surface area contributed by atoms with Crippen molar-refractivity contribution < 1.29 is 14.0 Å². The molecule has 1 aliphatic heterocycles. The van der Waals surface area contributed by atoms with E-state index < -0.39 is 0 Å². The minimum Gasteiger partial charge on any atom is -0.336 e. The number of carbonyl (C=O) groups excluding carboxylic acids is 2. The predicted molar refractivity (Wildman–Crippen MR) is 119 cm³/mol. The van der Waals surface area contributed by atoms with Crippen LogP contribution in [-0.2, 0) is 0 Å². The van der Waals surface area contributed by atoms with E-state index in [1.54, 1.807) is 47.1 Å². The van der Waals surface area contributed by atoms with Crippen molar-refractivity contribution in [3.8, 4) is 0 Å². The maximum atomic E-state index is 14.2. The molecule has 3 aromatic rings. The van der Waals surface area contributed by atoms with Crippen molar-refractivity contribution in [2.45, 2.75) is 13.3 Å². The van der Waals surface area contributed by atoms with Gasteiger partial charge in [-0.3, -0.25) is 4.79 Å². The van der Waals surface area contributed by atoms with E-state index in [2.05, 4.69) is 5.32 Å². The number of thiophene rings is 1. The van der Waals surface area contributed by atoms with Gasteiger partial charge in [-0.05, 0) is 55.3 Å². The number of halogens is 2. The molecule has 0 bridgehead atoms. The smallest absolute Gasteiger partial charge is 0.321 e. The second-order valence-corrected chi connectivity index (χ2v) is 8.73. The number of rotatable bonds is 2. The van der Waals surface area contributed by atoms with Gasteiger partial charge in [0.05, 0.1) is 4.88 Å². The largest absolute Gasteiger partial charge is 0.336 e. The number of amides is 3. The topological polar surface area (TPSA) is 52.7 Å². The third-order valence-corrected chi connectivity index (χ3v) is 6.76. The fraction of sp³-hybridized carbons (Fsp3) is 0.273. The van der Waals surface area contributed by atoms with E-state index in [0.29, 0.717) is 59.1 Å². The number of benzene rings is 2. The van der Waals surface area contributed by atoms with E-state index in [0.717, 1.165) is 4.70 Å². The first-order valence-corrected chi connectivity index (χ1v) is 10.9. The maximum absolute atomic E-state index is 14.2. The molecule has 1 aromatic heterocycles. The molecule has 0 unspecified atom stereocenters. The van der Waals surface area contributed by atoms with Crippen molar-refractivity contribution >= 4 is 50.6 Å². The van der Waals surface area contributed by atoms with E-state index in [4.69, 9.17) is 11.6 Å². The molecule has 1 N–H and O–H groups in total. The molecule has 0 aliphatic carbocycles. The average molecular weight is 446 g/mol. The highest BCUT2D eigenvalue weighted by Crippen LogP contribution is 2.33. The molecule has 3 amide bonds. The van der Waals surface area contributed by atoms with Crippen LogP contribution in [0.2, 0.25) is 5.02 Å². The van der Waals surface area contributed by atoms with E-state index in [1.165, 1.54) is 17.4 Å². The highest BCUT2D eigenvalue weighted by atomic mass is 35.5. The predicted octanol–water partition coefficient (Wildman–Crippen LogP) is 5.38. The summed E-state index contributed by atoms with van der Waals surface area (Å²) in [6, 6.07) is 11.6. The van der Waals surface area contributed by atoms with Crippen molar-refractivity contribution in [3.63, 3.8) is 0 Å². The summed E-state index contributed by atoms with van der Waals surface area (Å²) in [6.07, 6.45) is 0.679. The number of hydrogen-bond acceptors (Lipinski definition) is 3. The van der Waals surface area contributed by atoms with Gasteiger partial charge in [-0.2, -0.15) is 0 Å². The van der Waals surface area contributed by atoms with Gasteiger partial charge in [0.25, 0.3) is 5.91 Å². The first kappa shape index (κ1) is 20.6. The number of aryl methyl sites for hydroxylation is 1. The molecule has 0 spiro atoms. The van der Waals surface area contributed by atoms with Crippen LogP contribution in [0.3, 0.4) is 0 Å². The Morgan fingerprint density at radius 1 is 1.03 bits per heavy atom. The summed E-state index contributed by atoms with van der Waals surface area (Å²) in [7, 11) is 0. The van der Waals surface area contributed by atoms with Crippen LogP contribution in [0.25, 0.3) is 10.1 Å². The fourth-order valence-electron chi connectivity index (χ4n) is 3.66. The first-order valence-electron chi connectivity index (χ1n) is 9.72. The average Bonchev–Trinajstić information content (AvgIpc) is 2.90. The van der Waals surface area contributed by atoms with E-state index >= 15 is 0 Å². The number of nitrogens with zero attached hydrogens (tertiary/aromatic N) is 2. The Kier molecular flexibility index (Phi) is 5.92. The molecule has 1 fully saturated rings. The molecule has 4 rings (SSSR count). The van der Waals surface area contributed by atoms with Gasteiger partial charge >= 0.3 is 6.03 Å². The first-order chi connectivity index (χ1) is 14.4. The minimum atomic E-state index is -0.304. The highest BCUT2D eigenvalue weighted by molar-refractivity contribution is 7.21. The van der Waals surface area contributed by atoms with Crippen LogP contribution in [0.5, 0.6) is 0 Å². The van der Waals surface area contributed by atoms with Gasteiger partial charge in [-0.1, -0.05) is 17.7 Å².